The maximum Gasteiger partial charge on any atom is 0.412 e. The first-order valence-electron chi connectivity index (χ1n) is 6.29. The van der Waals surface area contributed by atoms with E-state index in [1.165, 1.54) is 12.0 Å². The molecular weight excluding hydrogens is 248 g/mol. The lowest BCUT2D eigenvalue weighted by molar-refractivity contribution is -0.148. The zero-order valence-corrected chi connectivity index (χ0v) is 11.8. The van der Waals surface area contributed by atoms with Crippen LogP contribution < -0.4 is 0 Å². The number of nitrogens with zero attached hydrogens (tertiary/aromatic N) is 2. The smallest absolute Gasteiger partial charge is 0.412 e. The van der Waals surface area contributed by atoms with E-state index in [1.54, 1.807) is 20.8 Å². The molecule has 1 saturated heterocycles. The second-order valence-electron chi connectivity index (χ2n) is 5.50. The Kier molecular flexibility index (Phi) is 4.76. The Balaban J connectivity index is 2.95. The van der Waals surface area contributed by atoms with Crippen molar-refractivity contribution >= 4 is 12.1 Å². The van der Waals surface area contributed by atoms with Gasteiger partial charge < -0.3 is 9.47 Å². The van der Waals surface area contributed by atoms with E-state index in [2.05, 4.69) is 0 Å². The topological polar surface area (TPSA) is 79.6 Å². The van der Waals surface area contributed by atoms with Gasteiger partial charge >= 0.3 is 12.1 Å². The van der Waals surface area contributed by atoms with Gasteiger partial charge in [0.2, 0.25) is 0 Å². The third-order valence-electron chi connectivity index (χ3n) is 2.85. The summed E-state index contributed by atoms with van der Waals surface area (Å²) in [5, 5.41) is 9.13. The van der Waals surface area contributed by atoms with Gasteiger partial charge in [-0.3, -0.25) is 4.90 Å². The van der Waals surface area contributed by atoms with Crippen molar-refractivity contribution in [3.05, 3.63) is 0 Å². The third kappa shape index (κ3) is 3.85. The zero-order chi connectivity index (χ0) is 14.6. The summed E-state index contributed by atoms with van der Waals surface area (Å²) in [6.45, 7) is 5.22. The van der Waals surface area contributed by atoms with Gasteiger partial charge in [-0.2, -0.15) is 5.26 Å². The zero-order valence-electron chi connectivity index (χ0n) is 11.8. The molecule has 0 aromatic heterocycles. The summed E-state index contributed by atoms with van der Waals surface area (Å²) in [6.07, 6.45) is 1.10. The van der Waals surface area contributed by atoms with Crippen LogP contribution in [0.1, 0.15) is 40.0 Å². The molecular formula is C13H20N2O4. The second kappa shape index (κ2) is 5.91. The lowest BCUT2D eigenvalue weighted by atomic mass is 9.97. The standard InChI is InChI=1S/C13H20N2O4/c1-13(2,3)19-12(17)15-9(8-14)6-5-7-10(15)11(16)18-4/h9-10H,5-7H2,1-4H3. The van der Waals surface area contributed by atoms with Crippen molar-refractivity contribution in [1.82, 2.24) is 4.90 Å². The number of esters is 1. The monoisotopic (exact) mass is 268 g/mol. The fourth-order valence-electron chi connectivity index (χ4n) is 2.06. The highest BCUT2D eigenvalue weighted by Crippen LogP contribution is 2.25. The molecule has 0 bridgehead atoms. The van der Waals surface area contributed by atoms with E-state index in [0.29, 0.717) is 19.3 Å². The summed E-state index contributed by atoms with van der Waals surface area (Å²) in [6, 6.07) is 0.664. The van der Waals surface area contributed by atoms with Crippen LogP contribution in [0.15, 0.2) is 0 Å². The minimum absolute atomic E-state index is 0.490. The maximum atomic E-state index is 12.2. The molecule has 2 atom stereocenters. The molecule has 1 fully saturated rings. The van der Waals surface area contributed by atoms with Crippen LogP contribution in [0.4, 0.5) is 4.79 Å². The van der Waals surface area contributed by atoms with Crippen molar-refractivity contribution in [3.63, 3.8) is 0 Å². The fraction of sp³-hybridized carbons (Fsp3) is 0.769. The SMILES string of the molecule is COC(=O)C1CCCC(C#N)N1C(=O)OC(C)(C)C. The Morgan fingerprint density at radius 3 is 2.42 bits per heavy atom. The molecule has 6 nitrogen and oxygen atoms in total. The van der Waals surface area contributed by atoms with E-state index >= 15 is 0 Å². The summed E-state index contributed by atoms with van der Waals surface area (Å²) in [7, 11) is 1.27. The largest absolute Gasteiger partial charge is 0.467 e. The number of piperidine rings is 1. The first-order chi connectivity index (χ1) is 8.80. The van der Waals surface area contributed by atoms with Crippen LogP contribution in [-0.4, -0.2) is 41.8 Å². The number of rotatable bonds is 1. The molecule has 1 heterocycles. The molecule has 1 rings (SSSR count). The van der Waals surface area contributed by atoms with Crippen molar-refractivity contribution in [2.24, 2.45) is 0 Å². The molecule has 19 heavy (non-hydrogen) atoms. The maximum absolute atomic E-state index is 12.2. The molecule has 0 saturated carbocycles. The van der Waals surface area contributed by atoms with E-state index in [0.717, 1.165) is 0 Å². The van der Waals surface area contributed by atoms with Gasteiger partial charge in [0.05, 0.1) is 13.2 Å². The average Bonchev–Trinajstić information content (AvgIpc) is 2.34. The predicted molar refractivity (Wildman–Crippen MR) is 67.1 cm³/mol. The van der Waals surface area contributed by atoms with Crippen molar-refractivity contribution in [2.45, 2.75) is 57.7 Å². The van der Waals surface area contributed by atoms with Crippen LogP contribution in [0.5, 0.6) is 0 Å². The van der Waals surface area contributed by atoms with Gasteiger partial charge in [-0.15, -0.1) is 0 Å². The van der Waals surface area contributed by atoms with Gasteiger partial charge in [-0.25, -0.2) is 9.59 Å². The fourth-order valence-corrected chi connectivity index (χ4v) is 2.06. The Hall–Kier alpha value is -1.77. The van der Waals surface area contributed by atoms with Crippen LogP contribution in [0.2, 0.25) is 0 Å². The molecule has 0 aromatic rings. The predicted octanol–water partition coefficient (Wildman–Crippen LogP) is 1.84. The van der Waals surface area contributed by atoms with E-state index in [4.69, 9.17) is 14.7 Å². The lowest BCUT2D eigenvalue weighted by Gasteiger charge is -2.37. The Bertz CT molecular complexity index is 394. The second-order valence-corrected chi connectivity index (χ2v) is 5.50. The van der Waals surface area contributed by atoms with Crippen molar-refractivity contribution < 1.29 is 19.1 Å². The highest BCUT2D eigenvalue weighted by Gasteiger charge is 2.41. The van der Waals surface area contributed by atoms with Crippen molar-refractivity contribution in [3.8, 4) is 6.07 Å². The molecule has 1 amide bonds. The van der Waals surface area contributed by atoms with Gasteiger partial charge in [0.25, 0.3) is 0 Å². The highest BCUT2D eigenvalue weighted by atomic mass is 16.6. The van der Waals surface area contributed by atoms with Crippen LogP contribution in [0, 0.1) is 11.3 Å². The van der Waals surface area contributed by atoms with Gasteiger partial charge in [0.15, 0.2) is 0 Å². The summed E-state index contributed by atoms with van der Waals surface area (Å²) in [4.78, 5) is 25.1. The van der Waals surface area contributed by atoms with E-state index in [-0.39, 0.29) is 0 Å². The molecule has 0 N–H and O–H groups in total. The lowest BCUT2D eigenvalue weighted by Crippen LogP contribution is -2.54. The Labute approximate surface area is 113 Å². The summed E-state index contributed by atoms with van der Waals surface area (Å²) >= 11 is 0. The number of hydrogen-bond donors (Lipinski definition) is 0. The summed E-state index contributed by atoms with van der Waals surface area (Å²) in [5.41, 5.74) is -0.671. The van der Waals surface area contributed by atoms with Gasteiger partial charge in [-0.05, 0) is 40.0 Å². The quantitative estimate of drug-likeness (QED) is 0.678. The van der Waals surface area contributed by atoms with Gasteiger partial charge in [0.1, 0.15) is 17.7 Å². The first-order valence-corrected chi connectivity index (χ1v) is 6.29. The number of methoxy groups -OCH3 is 1. The molecule has 0 spiro atoms. The number of hydrogen-bond acceptors (Lipinski definition) is 5. The number of carbonyl (C=O) groups is 2. The van der Waals surface area contributed by atoms with Gasteiger partial charge in [0, 0.05) is 0 Å². The molecule has 1 aliphatic heterocycles. The van der Waals surface area contributed by atoms with E-state index in [9.17, 15) is 9.59 Å². The molecule has 0 aromatic carbocycles. The molecule has 2 unspecified atom stereocenters. The number of amides is 1. The van der Waals surface area contributed by atoms with E-state index in [1.807, 2.05) is 6.07 Å². The third-order valence-corrected chi connectivity index (χ3v) is 2.85. The van der Waals surface area contributed by atoms with Crippen molar-refractivity contribution in [2.75, 3.05) is 7.11 Å². The number of ether oxygens (including phenoxy) is 2. The minimum Gasteiger partial charge on any atom is -0.467 e. The van der Waals surface area contributed by atoms with Gasteiger partial charge in [-0.1, -0.05) is 0 Å². The van der Waals surface area contributed by atoms with E-state index < -0.39 is 29.7 Å². The Morgan fingerprint density at radius 1 is 1.32 bits per heavy atom. The average molecular weight is 268 g/mol. The molecule has 0 aliphatic carbocycles. The Morgan fingerprint density at radius 2 is 1.95 bits per heavy atom. The minimum atomic E-state index is -0.738. The van der Waals surface area contributed by atoms with Crippen LogP contribution in [0.25, 0.3) is 0 Å². The van der Waals surface area contributed by atoms with Crippen molar-refractivity contribution in [1.29, 1.82) is 5.26 Å². The van der Waals surface area contributed by atoms with Crippen LogP contribution in [-0.2, 0) is 14.3 Å². The van der Waals surface area contributed by atoms with Crippen LogP contribution in [0.3, 0.4) is 0 Å². The molecule has 0 radical (unpaired) electrons. The molecule has 106 valence electrons. The molecule has 6 heteroatoms. The first kappa shape index (κ1) is 15.3. The normalized spacial score (nSPS) is 23.4. The van der Waals surface area contributed by atoms with Crippen LogP contribution >= 0.6 is 0 Å². The number of likely N-dealkylation sites (tertiary alicyclic amines) is 1. The number of carbonyl (C=O) groups excluding carboxylic acids is 2. The molecule has 1 aliphatic rings. The highest BCUT2D eigenvalue weighted by molar-refractivity contribution is 5.82. The number of nitriles is 1. The summed E-state index contributed by atoms with van der Waals surface area (Å²) < 4.78 is 9.96. The summed E-state index contributed by atoms with van der Waals surface area (Å²) in [5.74, 6) is -0.509.